The Bertz CT molecular complexity index is 1860. The van der Waals surface area contributed by atoms with Gasteiger partial charge in [0.15, 0.2) is 16.3 Å². The lowest BCUT2D eigenvalue weighted by Crippen LogP contribution is -2.39. The molecule has 1 atom stereocenters. The summed E-state index contributed by atoms with van der Waals surface area (Å²) >= 11 is 13.5. The Balaban J connectivity index is 1.60. The molecular weight excluding hydrogens is 611 g/mol. The molecule has 43 heavy (non-hydrogen) atoms. The number of rotatable bonds is 10. The molecule has 8 nitrogen and oxygen atoms in total. The van der Waals surface area contributed by atoms with Crippen LogP contribution in [-0.2, 0) is 16.1 Å². The van der Waals surface area contributed by atoms with Gasteiger partial charge in [0.05, 0.1) is 36.5 Å². The minimum Gasteiger partial charge on any atom is -0.490 e. The molecule has 0 saturated carbocycles. The van der Waals surface area contributed by atoms with E-state index in [1.165, 1.54) is 29.2 Å². The van der Waals surface area contributed by atoms with E-state index in [2.05, 4.69) is 4.99 Å². The van der Waals surface area contributed by atoms with Gasteiger partial charge in [0.1, 0.15) is 12.4 Å². The van der Waals surface area contributed by atoms with Crippen molar-refractivity contribution in [1.82, 2.24) is 4.57 Å². The summed E-state index contributed by atoms with van der Waals surface area (Å²) in [4.78, 5) is 31.7. The number of halogens is 2. The van der Waals surface area contributed by atoms with Crippen LogP contribution in [0.2, 0.25) is 10.0 Å². The summed E-state index contributed by atoms with van der Waals surface area (Å²) in [6.45, 7) is 4.91. The van der Waals surface area contributed by atoms with Crippen LogP contribution < -0.4 is 29.1 Å². The van der Waals surface area contributed by atoms with E-state index in [1.807, 2.05) is 26.0 Å². The Kier molecular flexibility index (Phi) is 9.55. The molecule has 4 aromatic rings. The third-order valence-corrected chi connectivity index (χ3v) is 8.06. The molecule has 222 valence electrons. The van der Waals surface area contributed by atoms with Crippen molar-refractivity contribution in [2.45, 2.75) is 26.5 Å². The minimum atomic E-state index is -0.805. The van der Waals surface area contributed by atoms with Crippen molar-refractivity contribution in [3.8, 4) is 17.2 Å². The zero-order valence-corrected chi connectivity index (χ0v) is 26.0. The van der Waals surface area contributed by atoms with E-state index >= 15 is 0 Å². The number of fused-ring (bicyclic) bond motifs is 1. The molecule has 0 fully saturated rings. The van der Waals surface area contributed by atoms with Gasteiger partial charge in [0.25, 0.3) is 5.56 Å². The first kappa shape index (κ1) is 30.4. The van der Waals surface area contributed by atoms with Crippen molar-refractivity contribution in [2.24, 2.45) is 4.99 Å². The first-order chi connectivity index (χ1) is 20.8. The number of benzene rings is 3. The van der Waals surface area contributed by atoms with Crippen molar-refractivity contribution in [1.29, 1.82) is 0 Å². The smallest absolute Gasteiger partial charge is 0.337 e. The van der Waals surface area contributed by atoms with Crippen LogP contribution >= 0.6 is 34.5 Å². The molecule has 1 aliphatic rings. The predicted molar refractivity (Wildman–Crippen MR) is 167 cm³/mol. The molecule has 3 aromatic carbocycles. The highest BCUT2D eigenvalue weighted by Crippen LogP contribution is 2.35. The van der Waals surface area contributed by atoms with E-state index in [-0.39, 0.29) is 11.1 Å². The van der Waals surface area contributed by atoms with E-state index in [9.17, 15) is 9.59 Å². The lowest BCUT2D eigenvalue weighted by atomic mass is 9.97. The van der Waals surface area contributed by atoms with Crippen molar-refractivity contribution >= 4 is 46.6 Å². The average molecular weight is 640 g/mol. The lowest BCUT2D eigenvalue weighted by molar-refractivity contribution is -0.136. The quantitative estimate of drug-likeness (QED) is 0.207. The monoisotopic (exact) mass is 638 g/mol. The van der Waals surface area contributed by atoms with Crippen LogP contribution in [0.5, 0.6) is 17.2 Å². The molecule has 1 aliphatic heterocycles. The molecule has 0 aliphatic carbocycles. The van der Waals surface area contributed by atoms with Gasteiger partial charge in [-0.05, 0) is 73.5 Å². The average Bonchev–Trinajstić information content (AvgIpc) is 3.32. The van der Waals surface area contributed by atoms with Crippen LogP contribution in [0, 0.1) is 0 Å². The molecule has 0 bridgehead atoms. The first-order valence-electron chi connectivity index (χ1n) is 13.5. The number of esters is 1. The Hall–Kier alpha value is -4.05. The highest BCUT2D eigenvalue weighted by atomic mass is 35.5. The summed E-state index contributed by atoms with van der Waals surface area (Å²) in [6, 6.07) is 17.1. The maximum absolute atomic E-state index is 14.0. The standard InChI is InChI=1S/C32H28Cl2N2O6S/c1-4-40-26-12-8-20(15-27(26)41-5-2)29-24(31(38)39-3)17-35-32-36(29)30(37)28(43-32)16-21-14-23(34)11-13-25(21)42-18-19-6-9-22(33)10-7-19/h6-17,29H,4-5,18H2,1-3H3/b28-16+/t29-/m1/s1. The summed E-state index contributed by atoms with van der Waals surface area (Å²) in [5, 5.41) is 1.13. The maximum Gasteiger partial charge on any atom is 0.337 e. The van der Waals surface area contributed by atoms with E-state index in [4.69, 9.17) is 42.1 Å². The topological polar surface area (TPSA) is 88.4 Å². The van der Waals surface area contributed by atoms with Gasteiger partial charge in [0, 0.05) is 21.8 Å². The SMILES string of the molecule is CCOc1ccc([C@@H]2C(C(=O)OC)=CN=c3s/c(=C/c4cc(Cl)ccc4OCc4ccc(Cl)cc4)c(=O)n32)cc1OCC. The number of carbonyl (C=O) groups excluding carboxylic acids is 1. The normalized spacial score (nSPS) is 14.4. The third-order valence-electron chi connectivity index (χ3n) is 6.57. The molecule has 5 rings (SSSR count). The van der Waals surface area contributed by atoms with Gasteiger partial charge in [0.2, 0.25) is 0 Å². The number of thiazole rings is 1. The molecule has 0 N–H and O–H groups in total. The number of nitrogens with zero attached hydrogens (tertiary/aromatic N) is 2. The summed E-state index contributed by atoms with van der Waals surface area (Å²) in [5.74, 6) is 1.02. The van der Waals surface area contributed by atoms with Crippen LogP contribution in [0.4, 0.5) is 0 Å². The third kappa shape index (κ3) is 6.64. The van der Waals surface area contributed by atoms with E-state index in [0.717, 1.165) is 5.56 Å². The fourth-order valence-electron chi connectivity index (χ4n) is 4.63. The number of carbonyl (C=O) groups is 1. The second-order valence-corrected chi connectivity index (χ2v) is 11.2. The fraction of sp³-hybridized carbons (Fsp3) is 0.219. The van der Waals surface area contributed by atoms with Crippen molar-refractivity contribution in [3.63, 3.8) is 0 Å². The number of methoxy groups -OCH3 is 1. The highest BCUT2D eigenvalue weighted by Gasteiger charge is 2.31. The molecule has 0 radical (unpaired) electrons. The molecule has 2 heterocycles. The number of hydrogen-bond donors (Lipinski definition) is 0. The van der Waals surface area contributed by atoms with Crippen LogP contribution in [0.25, 0.3) is 6.08 Å². The molecule has 0 saturated heterocycles. The Morgan fingerprint density at radius 3 is 2.35 bits per heavy atom. The molecule has 1 aromatic heterocycles. The van der Waals surface area contributed by atoms with Gasteiger partial charge in [-0.15, -0.1) is 0 Å². The Morgan fingerprint density at radius 1 is 0.930 bits per heavy atom. The highest BCUT2D eigenvalue weighted by molar-refractivity contribution is 7.07. The second-order valence-electron chi connectivity index (χ2n) is 9.35. The van der Waals surface area contributed by atoms with E-state index in [1.54, 1.807) is 54.6 Å². The van der Waals surface area contributed by atoms with Gasteiger partial charge in [-0.1, -0.05) is 52.7 Å². The Morgan fingerprint density at radius 2 is 1.63 bits per heavy atom. The van der Waals surface area contributed by atoms with Crippen molar-refractivity contribution < 1.29 is 23.7 Å². The van der Waals surface area contributed by atoms with Crippen LogP contribution in [0.1, 0.15) is 36.6 Å². The van der Waals surface area contributed by atoms with Gasteiger partial charge in [-0.2, -0.15) is 0 Å². The molecule has 11 heteroatoms. The van der Waals surface area contributed by atoms with Crippen LogP contribution in [0.15, 0.2) is 82.2 Å². The lowest BCUT2D eigenvalue weighted by Gasteiger charge is -2.23. The van der Waals surface area contributed by atoms with Gasteiger partial charge in [-0.25, -0.2) is 9.79 Å². The first-order valence-corrected chi connectivity index (χ1v) is 15.1. The molecular formula is C32H28Cl2N2O6S. The molecule has 0 spiro atoms. The van der Waals surface area contributed by atoms with Gasteiger partial charge >= 0.3 is 5.97 Å². The van der Waals surface area contributed by atoms with Gasteiger partial charge < -0.3 is 18.9 Å². The predicted octanol–water partition coefficient (Wildman–Crippen LogP) is 5.70. The summed E-state index contributed by atoms with van der Waals surface area (Å²) in [6.07, 6.45) is 3.16. The zero-order chi connectivity index (χ0) is 30.5. The largest absolute Gasteiger partial charge is 0.490 e. The number of hydrogen-bond acceptors (Lipinski definition) is 8. The fourth-order valence-corrected chi connectivity index (χ4v) is 5.90. The molecule has 0 unspecified atom stereocenters. The summed E-state index contributed by atoms with van der Waals surface area (Å²) in [7, 11) is 1.29. The van der Waals surface area contributed by atoms with Crippen LogP contribution in [-0.4, -0.2) is 30.9 Å². The number of ether oxygens (including phenoxy) is 4. The molecule has 0 amide bonds. The van der Waals surface area contributed by atoms with E-state index in [0.29, 0.717) is 67.6 Å². The van der Waals surface area contributed by atoms with Crippen molar-refractivity contribution in [2.75, 3.05) is 20.3 Å². The zero-order valence-electron chi connectivity index (χ0n) is 23.6. The summed E-state index contributed by atoms with van der Waals surface area (Å²) < 4.78 is 24.6. The van der Waals surface area contributed by atoms with Crippen LogP contribution in [0.3, 0.4) is 0 Å². The number of aromatic nitrogens is 1. The summed E-state index contributed by atoms with van der Waals surface area (Å²) in [5.41, 5.74) is 2.07. The minimum absolute atomic E-state index is 0.211. The second kappa shape index (κ2) is 13.5. The van der Waals surface area contributed by atoms with Crippen molar-refractivity contribution in [3.05, 3.63) is 119 Å². The van der Waals surface area contributed by atoms with Gasteiger partial charge in [-0.3, -0.25) is 9.36 Å². The maximum atomic E-state index is 14.0. The van der Waals surface area contributed by atoms with E-state index < -0.39 is 12.0 Å². The Labute approximate surface area is 262 Å².